The van der Waals surface area contributed by atoms with E-state index < -0.39 is 17.6 Å². The second-order valence-corrected chi connectivity index (χ2v) is 11.6. The predicted molar refractivity (Wildman–Crippen MR) is 146 cm³/mol. The lowest BCUT2D eigenvalue weighted by Gasteiger charge is -2.36. The van der Waals surface area contributed by atoms with Gasteiger partial charge in [0.25, 0.3) is 5.56 Å². The Morgan fingerprint density at radius 3 is 2.70 bits per heavy atom. The first-order chi connectivity index (χ1) is 18.9. The van der Waals surface area contributed by atoms with Crippen molar-refractivity contribution in [2.75, 3.05) is 7.05 Å². The van der Waals surface area contributed by atoms with Crippen LogP contribution < -0.4 is 11.3 Å². The van der Waals surface area contributed by atoms with Gasteiger partial charge < -0.3 is 25.0 Å². The van der Waals surface area contributed by atoms with Crippen LogP contribution >= 0.6 is 0 Å². The molecule has 4 heterocycles. The summed E-state index contributed by atoms with van der Waals surface area (Å²) in [4.78, 5) is 46.3. The molecule has 0 saturated heterocycles. The van der Waals surface area contributed by atoms with E-state index in [1.807, 2.05) is 13.8 Å². The summed E-state index contributed by atoms with van der Waals surface area (Å²) in [6, 6.07) is 2.01. The zero-order valence-electron chi connectivity index (χ0n) is 23.3. The van der Waals surface area contributed by atoms with Gasteiger partial charge in [0.15, 0.2) is 5.60 Å². The van der Waals surface area contributed by atoms with E-state index in [0.717, 1.165) is 22.1 Å². The van der Waals surface area contributed by atoms with Crippen molar-refractivity contribution >= 4 is 22.8 Å². The first-order valence-corrected chi connectivity index (χ1v) is 13.7. The summed E-state index contributed by atoms with van der Waals surface area (Å²) >= 11 is 0. The van der Waals surface area contributed by atoms with E-state index in [9.17, 15) is 19.5 Å². The Labute approximate surface area is 230 Å². The number of fused-ring (bicyclic) bond motifs is 5. The van der Waals surface area contributed by atoms with E-state index in [4.69, 9.17) is 15.5 Å². The van der Waals surface area contributed by atoms with Gasteiger partial charge in [0.2, 0.25) is 5.91 Å². The van der Waals surface area contributed by atoms with Crippen molar-refractivity contribution in [1.82, 2.24) is 14.5 Å². The van der Waals surface area contributed by atoms with Gasteiger partial charge in [0, 0.05) is 29.6 Å². The Kier molecular flexibility index (Phi) is 5.94. The Balaban J connectivity index is 1.63. The molecule has 0 fully saturated rings. The smallest absolute Gasteiger partial charge is 0.343 e. The SMILES string of the molecule is CC[C@@]1(O)C(=O)OCc2c1cc1n(c2=O)Cc2c-1nc1cc(F)c(C)c3c1c2[C@@H](N(C)C(=O)C(N)C(C)C)CC3. The molecule has 1 aromatic carbocycles. The van der Waals surface area contributed by atoms with Crippen LogP contribution in [-0.4, -0.2) is 44.5 Å². The number of carbonyl (C=O) groups excluding carboxylic acids is 2. The van der Waals surface area contributed by atoms with E-state index in [1.54, 1.807) is 36.4 Å². The van der Waals surface area contributed by atoms with Gasteiger partial charge in [-0.05, 0) is 54.9 Å². The molecule has 3 atom stereocenters. The standard InChI is InChI=1S/C30H33FN4O5/c1-6-30(39)18-9-22-26-16(11-35(22)27(36)17(18)12-40-29(30)38)24-21(34(5)28(37)25(32)13(2)3)8-7-15-14(4)19(31)10-20(33-26)23(15)24/h9-10,13,21,25,39H,6-8,11-12,32H2,1-5H3/t21-,25?,30-/m0/s1. The maximum atomic E-state index is 15.1. The molecule has 6 rings (SSSR count). The quantitative estimate of drug-likeness (QED) is 0.375. The van der Waals surface area contributed by atoms with Crippen LogP contribution in [0.25, 0.3) is 22.3 Å². The molecule has 2 aliphatic heterocycles. The number of likely N-dealkylation sites (N-methyl/N-ethyl adjacent to an activating group) is 1. The van der Waals surface area contributed by atoms with Gasteiger partial charge in [-0.15, -0.1) is 0 Å². The van der Waals surface area contributed by atoms with Gasteiger partial charge in [0.1, 0.15) is 12.4 Å². The van der Waals surface area contributed by atoms with Gasteiger partial charge in [-0.3, -0.25) is 9.59 Å². The molecule has 0 radical (unpaired) electrons. The summed E-state index contributed by atoms with van der Waals surface area (Å²) < 4.78 is 21.9. The normalized spacial score (nSPS) is 21.6. The molecule has 3 N–H and O–H groups in total. The van der Waals surface area contributed by atoms with Crippen LogP contribution in [-0.2, 0) is 39.5 Å². The number of nitrogens with zero attached hydrogens (tertiary/aromatic N) is 3. The third-order valence-corrected chi connectivity index (χ3v) is 9.17. The van der Waals surface area contributed by atoms with Crippen molar-refractivity contribution in [3.8, 4) is 11.4 Å². The van der Waals surface area contributed by atoms with Gasteiger partial charge in [-0.25, -0.2) is 14.2 Å². The lowest BCUT2D eigenvalue weighted by Crippen LogP contribution is -2.46. The van der Waals surface area contributed by atoms with Crippen LogP contribution in [0.15, 0.2) is 16.9 Å². The van der Waals surface area contributed by atoms with Crippen molar-refractivity contribution in [3.05, 3.63) is 61.7 Å². The van der Waals surface area contributed by atoms with Crippen LogP contribution in [0.4, 0.5) is 4.39 Å². The van der Waals surface area contributed by atoms with Crippen LogP contribution in [0, 0.1) is 18.7 Å². The van der Waals surface area contributed by atoms with E-state index in [2.05, 4.69) is 0 Å². The fourth-order valence-corrected chi connectivity index (χ4v) is 6.59. The molecule has 0 spiro atoms. The number of pyridine rings is 2. The van der Waals surface area contributed by atoms with Crippen molar-refractivity contribution in [1.29, 1.82) is 0 Å². The fraction of sp³-hybridized carbons (Fsp3) is 0.467. The number of cyclic esters (lactones) is 1. The number of hydrogen-bond acceptors (Lipinski definition) is 7. The van der Waals surface area contributed by atoms with Gasteiger partial charge in [-0.1, -0.05) is 20.8 Å². The predicted octanol–water partition coefficient (Wildman–Crippen LogP) is 2.96. The molecule has 1 amide bonds. The highest BCUT2D eigenvalue weighted by Gasteiger charge is 2.46. The third-order valence-electron chi connectivity index (χ3n) is 9.17. The number of halogens is 1. The maximum Gasteiger partial charge on any atom is 0.343 e. The molecule has 3 aromatic rings. The summed E-state index contributed by atoms with van der Waals surface area (Å²) in [7, 11) is 1.74. The summed E-state index contributed by atoms with van der Waals surface area (Å²) in [6.45, 7) is 7.17. The number of aliphatic hydroxyl groups is 1. The minimum atomic E-state index is -1.95. The Morgan fingerprint density at radius 1 is 1.30 bits per heavy atom. The van der Waals surface area contributed by atoms with Crippen LogP contribution in [0.2, 0.25) is 0 Å². The zero-order valence-corrected chi connectivity index (χ0v) is 23.3. The lowest BCUT2D eigenvalue weighted by molar-refractivity contribution is -0.172. The molecule has 0 saturated carbocycles. The number of aromatic nitrogens is 2. The van der Waals surface area contributed by atoms with Crippen molar-refractivity contribution in [3.63, 3.8) is 0 Å². The molecular weight excluding hydrogens is 515 g/mol. The number of aryl methyl sites for hydroxylation is 1. The Hall–Kier alpha value is -3.63. The third kappa shape index (κ3) is 3.45. The number of hydrogen-bond donors (Lipinski definition) is 2. The summed E-state index contributed by atoms with van der Waals surface area (Å²) in [5, 5.41) is 12.0. The summed E-state index contributed by atoms with van der Waals surface area (Å²) in [6.07, 6.45) is 1.16. The second kappa shape index (κ2) is 8.94. The second-order valence-electron chi connectivity index (χ2n) is 11.6. The molecule has 10 heteroatoms. The van der Waals surface area contributed by atoms with E-state index >= 15 is 4.39 Å². The number of carbonyl (C=O) groups is 2. The molecule has 2 aromatic heterocycles. The minimum Gasteiger partial charge on any atom is -0.458 e. The van der Waals surface area contributed by atoms with E-state index in [0.29, 0.717) is 35.3 Å². The van der Waals surface area contributed by atoms with Crippen molar-refractivity contribution in [2.24, 2.45) is 11.7 Å². The molecule has 210 valence electrons. The van der Waals surface area contributed by atoms with Crippen LogP contribution in [0.3, 0.4) is 0 Å². The molecular formula is C30H33FN4O5. The van der Waals surface area contributed by atoms with Crippen LogP contribution in [0.1, 0.15) is 73.0 Å². The maximum absolute atomic E-state index is 15.1. The van der Waals surface area contributed by atoms with Gasteiger partial charge in [0.05, 0.1) is 41.1 Å². The van der Waals surface area contributed by atoms with E-state index in [-0.39, 0.29) is 59.9 Å². The Bertz CT molecular complexity index is 1700. The highest BCUT2D eigenvalue weighted by Crippen LogP contribution is 2.47. The van der Waals surface area contributed by atoms with Gasteiger partial charge >= 0.3 is 5.97 Å². The van der Waals surface area contributed by atoms with Crippen LogP contribution in [0.5, 0.6) is 0 Å². The molecule has 9 nitrogen and oxygen atoms in total. The minimum absolute atomic E-state index is 0.0317. The average molecular weight is 549 g/mol. The number of amides is 1. The average Bonchev–Trinajstić information content (AvgIpc) is 3.31. The number of esters is 1. The number of benzene rings is 1. The number of ether oxygens (including phenoxy) is 1. The number of nitrogens with two attached hydrogens (primary N) is 1. The van der Waals surface area contributed by atoms with Crippen molar-refractivity contribution < 1.29 is 23.8 Å². The molecule has 0 bridgehead atoms. The summed E-state index contributed by atoms with van der Waals surface area (Å²) in [5.41, 5.74) is 8.77. The van der Waals surface area contributed by atoms with Crippen molar-refractivity contribution in [2.45, 2.75) is 77.8 Å². The molecule has 40 heavy (non-hydrogen) atoms. The number of rotatable bonds is 4. The highest BCUT2D eigenvalue weighted by atomic mass is 19.1. The summed E-state index contributed by atoms with van der Waals surface area (Å²) in [5.74, 6) is -1.40. The molecule has 3 aliphatic rings. The topological polar surface area (TPSA) is 128 Å². The van der Waals surface area contributed by atoms with E-state index in [1.165, 1.54) is 6.07 Å². The molecule has 1 aliphatic carbocycles. The zero-order chi connectivity index (χ0) is 28.8. The lowest BCUT2D eigenvalue weighted by atomic mass is 9.81. The van der Waals surface area contributed by atoms with Gasteiger partial charge in [-0.2, -0.15) is 0 Å². The first-order valence-electron chi connectivity index (χ1n) is 13.7. The molecule has 1 unspecified atom stereocenters. The fourth-order valence-electron chi connectivity index (χ4n) is 6.59. The first kappa shape index (κ1) is 26.6. The highest BCUT2D eigenvalue weighted by molar-refractivity contribution is 5.94. The largest absolute Gasteiger partial charge is 0.458 e. The monoisotopic (exact) mass is 548 g/mol. The Morgan fingerprint density at radius 2 is 2.02 bits per heavy atom.